The Morgan fingerprint density at radius 1 is 1.19 bits per heavy atom. The molecule has 0 unspecified atom stereocenters. The van der Waals surface area contributed by atoms with Gasteiger partial charge in [-0.3, -0.25) is 0 Å². The predicted octanol–water partition coefficient (Wildman–Crippen LogP) is 1.42. The van der Waals surface area contributed by atoms with Crippen molar-refractivity contribution < 1.29 is 17.9 Å². The molecule has 0 atom stereocenters. The molecular formula is C12H18Cl2N2O4S. The third-order valence-corrected chi connectivity index (χ3v) is 4.71. The van der Waals surface area contributed by atoms with Crippen molar-refractivity contribution in [3.05, 3.63) is 17.2 Å². The lowest BCUT2D eigenvalue weighted by Crippen LogP contribution is -2.27. The highest BCUT2D eigenvalue weighted by Crippen LogP contribution is 2.37. The highest BCUT2D eigenvalue weighted by Gasteiger charge is 2.22. The molecule has 1 heterocycles. The number of nitrogens with one attached hydrogen (secondary N) is 2. The fourth-order valence-corrected chi connectivity index (χ4v) is 3.41. The van der Waals surface area contributed by atoms with Crippen molar-refractivity contribution >= 4 is 34.0 Å². The topological polar surface area (TPSA) is 76.7 Å². The third kappa shape index (κ3) is 4.62. The zero-order chi connectivity index (χ0) is 14.6. The molecule has 0 aliphatic carbocycles. The van der Waals surface area contributed by atoms with Crippen molar-refractivity contribution in [2.75, 3.05) is 33.4 Å². The van der Waals surface area contributed by atoms with E-state index in [2.05, 4.69) is 10.0 Å². The molecule has 1 aliphatic heterocycles. The van der Waals surface area contributed by atoms with Crippen LogP contribution < -0.4 is 19.5 Å². The first kappa shape index (κ1) is 18.3. The van der Waals surface area contributed by atoms with Crippen molar-refractivity contribution in [1.29, 1.82) is 0 Å². The molecule has 0 bridgehead atoms. The summed E-state index contributed by atoms with van der Waals surface area (Å²) in [7, 11) is -1.84. The second kappa shape index (κ2) is 8.05. The van der Waals surface area contributed by atoms with Crippen molar-refractivity contribution in [3.8, 4) is 11.5 Å². The van der Waals surface area contributed by atoms with Crippen LogP contribution in [0.3, 0.4) is 0 Å². The molecule has 2 rings (SSSR count). The molecule has 0 saturated heterocycles. The Hall–Kier alpha value is -0.730. The Labute approximate surface area is 135 Å². The van der Waals surface area contributed by atoms with Gasteiger partial charge < -0.3 is 14.8 Å². The minimum atomic E-state index is -3.65. The van der Waals surface area contributed by atoms with Gasteiger partial charge in [0.1, 0.15) is 18.1 Å². The maximum Gasteiger partial charge on any atom is 0.242 e. The smallest absolute Gasteiger partial charge is 0.242 e. The van der Waals surface area contributed by atoms with E-state index in [-0.39, 0.29) is 22.3 Å². The summed E-state index contributed by atoms with van der Waals surface area (Å²) in [5, 5.41) is 3.07. The summed E-state index contributed by atoms with van der Waals surface area (Å²) in [5.41, 5.74) is 0. The number of ether oxygens (including phenoxy) is 2. The van der Waals surface area contributed by atoms with Gasteiger partial charge in [-0.2, -0.15) is 0 Å². The van der Waals surface area contributed by atoms with E-state index in [1.54, 1.807) is 0 Å². The van der Waals surface area contributed by atoms with Gasteiger partial charge in [-0.1, -0.05) is 11.6 Å². The molecule has 0 amide bonds. The highest BCUT2D eigenvalue weighted by atomic mass is 35.5. The van der Waals surface area contributed by atoms with Crippen LogP contribution in [0.15, 0.2) is 17.0 Å². The molecule has 120 valence electrons. The first-order valence-corrected chi connectivity index (χ1v) is 8.14. The van der Waals surface area contributed by atoms with Gasteiger partial charge in [0.15, 0.2) is 11.5 Å². The average molecular weight is 357 g/mol. The van der Waals surface area contributed by atoms with Crippen LogP contribution in [0.1, 0.15) is 6.42 Å². The van der Waals surface area contributed by atoms with Gasteiger partial charge >= 0.3 is 0 Å². The minimum Gasteiger partial charge on any atom is -0.486 e. The first-order valence-electron chi connectivity index (χ1n) is 6.28. The summed E-state index contributed by atoms with van der Waals surface area (Å²) < 4.78 is 37.6. The van der Waals surface area contributed by atoms with Gasteiger partial charge in [0.25, 0.3) is 0 Å². The highest BCUT2D eigenvalue weighted by molar-refractivity contribution is 7.89. The SMILES string of the molecule is CNCCCNS(=O)(=O)c1cc2c(cc1Cl)OCCO2.Cl. The van der Waals surface area contributed by atoms with E-state index >= 15 is 0 Å². The Bertz CT molecular complexity index is 581. The summed E-state index contributed by atoms with van der Waals surface area (Å²) in [6.07, 6.45) is 0.692. The molecular weight excluding hydrogens is 339 g/mol. The predicted molar refractivity (Wildman–Crippen MR) is 83.4 cm³/mol. The maximum absolute atomic E-state index is 12.2. The van der Waals surface area contributed by atoms with E-state index in [4.69, 9.17) is 21.1 Å². The number of benzene rings is 1. The van der Waals surface area contributed by atoms with E-state index < -0.39 is 10.0 Å². The quantitative estimate of drug-likeness (QED) is 0.753. The zero-order valence-corrected chi connectivity index (χ0v) is 13.9. The second-order valence-electron chi connectivity index (χ2n) is 4.28. The first-order chi connectivity index (χ1) is 9.54. The number of hydrogen-bond acceptors (Lipinski definition) is 5. The van der Waals surface area contributed by atoms with Crippen LogP contribution in [0.25, 0.3) is 0 Å². The van der Waals surface area contributed by atoms with E-state index in [1.807, 2.05) is 7.05 Å². The van der Waals surface area contributed by atoms with Crippen LogP contribution in [0.4, 0.5) is 0 Å². The second-order valence-corrected chi connectivity index (χ2v) is 6.42. The Kier molecular flexibility index (Phi) is 7.02. The molecule has 0 radical (unpaired) electrons. The summed E-state index contributed by atoms with van der Waals surface area (Å²) in [4.78, 5) is 0.00729. The summed E-state index contributed by atoms with van der Waals surface area (Å²) >= 11 is 6.02. The lowest BCUT2D eigenvalue weighted by molar-refractivity contribution is 0.171. The van der Waals surface area contributed by atoms with E-state index in [0.717, 1.165) is 6.54 Å². The van der Waals surface area contributed by atoms with Gasteiger partial charge in [-0.15, -0.1) is 12.4 Å². The molecule has 9 heteroatoms. The van der Waals surface area contributed by atoms with Crippen molar-refractivity contribution in [3.63, 3.8) is 0 Å². The molecule has 1 aromatic carbocycles. The molecule has 0 spiro atoms. The molecule has 1 aromatic rings. The zero-order valence-electron chi connectivity index (χ0n) is 11.5. The number of halogens is 2. The third-order valence-electron chi connectivity index (χ3n) is 2.78. The van der Waals surface area contributed by atoms with Crippen LogP contribution in [0.2, 0.25) is 5.02 Å². The van der Waals surface area contributed by atoms with Crippen LogP contribution in [0.5, 0.6) is 11.5 Å². The minimum absolute atomic E-state index is 0. The monoisotopic (exact) mass is 356 g/mol. The lowest BCUT2D eigenvalue weighted by Gasteiger charge is -2.19. The maximum atomic E-state index is 12.2. The normalized spacial score (nSPS) is 13.6. The van der Waals surface area contributed by atoms with E-state index in [1.165, 1.54) is 12.1 Å². The number of rotatable bonds is 6. The summed E-state index contributed by atoms with van der Waals surface area (Å²) in [5.74, 6) is 0.867. The van der Waals surface area contributed by atoms with E-state index in [0.29, 0.717) is 37.7 Å². The van der Waals surface area contributed by atoms with Crippen LogP contribution in [-0.4, -0.2) is 41.8 Å². The van der Waals surface area contributed by atoms with Crippen molar-refractivity contribution in [2.45, 2.75) is 11.3 Å². The van der Waals surface area contributed by atoms with Crippen LogP contribution >= 0.6 is 24.0 Å². The molecule has 0 aromatic heterocycles. The fraction of sp³-hybridized carbons (Fsp3) is 0.500. The molecule has 0 saturated carbocycles. The van der Waals surface area contributed by atoms with Crippen LogP contribution in [-0.2, 0) is 10.0 Å². The largest absolute Gasteiger partial charge is 0.486 e. The molecule has 6 nitrogen and oxygen atoms in total. The van der Waals surface area contributed by atoms with Crippen molar-refractivity contribution in [1.82, 2.24) is 10.0 Å². The van der Waals surface area contributed by atoms with Gasteiger partial charge in [-0.25, -0.2) is 13.1 Å². The average Bonchev–Trinajstić information content (AvgIpc) is 2.43. The molecule has 1 aliphatic rings. The standard InChI is InChI=1S/C12H17ClN2O4S.ClH/c1-14-3-2-4-15-20(16,17)12-8-11-10(7-9(12)13)18-5-6-19-11;/h7-8,14-15H,2-6H2,1H3;1H. The molecule has 21 heavy (non-hydrogen) atoms. The molecule has 2 N–H and O–H groups in total. The number of sulfonamides is 1. The van der Waals surface area contributed by atoms with E-state index in [9.17, 15) is 8.42 Å². The van der Waals surface area contributed by atoms with Gasteiger partial charge in [0, 0.05) is 18.7 Å². The Balaban J connectivity index is 0.00000220. The van der Waals surface area contributed by atoms with Gasteiger partial charge in [0.05, 0.1) is 5.02 Å². The lowest BCUT2D eigenvalue weighted by atomic mass is 10.3. The molecule has 0 fully saturated rings. The Morgan fingerprint density at radius 2 is 1.81 bits per heavy atom. The summed E-state index contributed by atoms with van der Waals surface area (Å²) in [6.45, 7) is 1.90. The number of fused-ring (bicyclic) bond motifs is 1. The van der Waals surface area contributed by atoms with Gasteiger partial charge in [0.2, 0.25) is 10.0 Å². The number of hydrogen-bond donors (Lipinski definition) is 2. The van der Waals surface area contributed by atoms with Gasteiger partial charge in [-0.05, 0) is 20.0 Å². The fourth-order valence-electron chi connectivity index (χ4n) is 1.80. The van der Waals surface area contributed by atoms with Crippen LogP contribution in [0, 0.1) is 0 Å². The van der Waals surface area contributed by atoms with Crippen molar-refractivity contribution in [2.24, 2.45) is 0 Å². The summed E-state index contributed by atoms with van der Waals surface area (Å²) in [6, 6.07) is 2.87. The Morgan fingerprint density at radius 3 is 2.43 bits per heavy atom.